The number of aromatic nitrogens is 1. The number of aliphatic hydroxyl groups is 6. The molecule has 5 fully saturated rings. The molecule has 4 aromatic rings. The Bertz CT molecular complexity index is 3330. The number of amides is 8. The van der Waals surface area contributed by atoms with E-state index in [9.17, 15) is 74.1 Å². The molecule has 4 saturated heterocycles. The second-order valence-corrected chi connectivity index (χ2v) is 26.6. The van der Waals surface area contributed by atoms with Crippen LogP contribution < -0.4 is 47.7 Å². The largest absolute Gasteiger partial charge is 0.504 e. The lowest BCUT2D eigenvalue weighted by Crippen LogP contribution is -2.64. The number of thiazole rings is 1. The van der Waals surface area contributed by atoms with E-state index in [2.05, 4.69) is 72.6 Å². The van der Waals surface area contributed by atoms with Gasteiger partial charge in [0.05, 0.1) is 54.5 Å². The van der Waals surface area contributed by atoms with Crippen LogP contribution in [0.4, 0.5) is 5.69 Å². The van der Waals surface area contributed by atoms with Gasteiger partial charge in [-0.2, -0.15) is 0 Å². The average molecular weight is 1330 g/mol. The van der Waals surface area contributed by atoms with Gasteiger partial charge in [-0.1, -0.05) is 44.2 Å². The number of hydrogen-bond donors (Lipinski definition) is 14. The minimum Gasteiger partial charge on any atom is -0.504 e. The highest BCUT2D eigenvalue weighted by Gasteiger charge is 2.50. The van der Waals surface area contributed by atoms with Crippen molar-refractivity contribution in [1.82, 2.24) is 46.3 Å². The van der Waals surface area contributed by atoms with Gasteiger partial charge in [0.2, 0.25) is 41.4 Å². The number of phenols is 1. The third-order valence-corrected chi connectivity index (χ3v) is 19.6. The summed E-state index contributed by atoms with van der Waals surface area (Å²) in [5, 5.41) is 92.0. The fraction of sp³-hybridized carbons (Fsp3) is 0.554. The number of phenolic OH excluding ortho intramolecular Hbond substituents is 1. The van der Waals surface area contributed by atoms with Crippen LogP contribution in [0.1, 0.15) is 88.1 Å². The predicted molar refractivity (Wildman–Crippen MR) is 344 cm³/mol. The number of carbonyl (C=O) groups is 8. The Morgan fingerprint density at radius 1 is 0.755 bits per heavy atom. The Balaban J connectivity index is 0.955. The number of anilines is 1. The van der Waals surface area contributed by atoms with Crippen LogP contribution in [0.25, 0.3) is 21.0 Å². The average Bonchev–Trinajstić information content (AvgIpc) is 1.62. The summed E-state index contributed by atoms with van der Waals surface area (Å²) in [5.41, 5.74) is 14.2. The number of nitrogens with one attached hydrogen (secondary N) is 5. The van der Waals surface area contributed by atoms with E-state index in [1.165, 1.54) is 74.3 Å². The number of carbonyl (C=O) groups excluding carboxylic acids is 8. The van der Waals surface area contributed by atoms with Crippen molar-refractivity contribution in [3.05, 3.63) is 84.1 Å². The van der Waals surface area contributed by atoms with Gasteiger partial charge in [-0.05, 0) is 99.0 Å². The molecule has 1 unspecified atom stereocenters. The van der Waals surface area contributed by atoms with Crippen molar-refractivity contribution in [2.24, 2.45) is 23.3 Å². The van der Waals surface area contributed by atoms with E-state index in [4.69, 9.17) is 16.2 Å². The second kappa shape index (κ2) is 31.6. The maximum absolute atomic E-state index is 14.7. The van der Waals surface area contributed by atoms with Gasteiger partial charge in [-0.15, -0.1) is 11.3 Å². The second-order valence-electron chi connectivity index (χ2n) is 25.6. The SMILES string of the molecule is CC1CCC(N2CCN(c3ccc(-c4cnc(-c5ccc(C(=O)NC6C[C@@H](O)CNC(=O)[C@@H]7[C@@H](O)[C@@H](C)CN7C(=O)[C@H]([C@H](O)CC(N)=O)NC(=O)[C@H]([C@H](O)Cc7ccc(O)c(OCCCN)c7)NC(=O)[C@@H]7C[C@@H](O)CN7C(=O)[C@H]([C@@H](C)O)NC6=O)cc5)s4)cc3)CC2)CC1. The lowest BCUT2D eigenvalue weighted by atomic mass is 9.86. The van der Waals surface area contributed by atoms with Crippen LogP contribution >= 0.6 is 11.3 Å². The predicted octanol–water partition coefficient (Wildman–Crippen LogP) is -1.57. The number of rotatable bonds is 17. The normalized spacial score (nSPS) is 28.2. The number of aromatic hydroxyl groups is 1. The summed E-state index contributed by atoms with van der Waals surface area (Å²) in [5.74, 6) is -9.41. The highest BCUT2D eigenvalue weighted by Crippen LogP contribution is 2.35. The van der Waals surface area contributed by atoms with E-state index >= 15 is 0 Å². The number of fused-ring (bicyclic) bond motifs is 2. The molecular weight excluding hydrogens is 1240 g/mol. The molecule has 9 rings (SSSR count). The topological polar surface area (TPSA) is 425 Å². The van der Waals surface area contributed by atoms with E-state index < -0.39 is 165 Å². The number of primary amides is 1. The molecule has 8 amide bonds. The van der Waals surface area contributed by atoms with Crippen LogP contribution in [0.2, 0.25) is 0 Å². The van der Waals surface area contributed by atoms with Crippen molar-refractivity contribution in [2.45, 2.75) is 157 Å². The first-order chi connectivity index (χ1) is 44.9. The number of ether oxygens (including phenoxy) is 1. The van der Waals surface area contributed by atoms with Crippen molar-refractivity contribution >= 4 is 64.3 Å². The molecule has 5 heterocycles. The number of β-amino-alcohol motifs (C(OH)–C–C–N with tert-alkyl or cyclic N) is 1. The number of nitrogens with two attached hydrogens (primary N) is 2. The standard InChI is InChI=1S/C65H88N12O16S/c1-34-5-14-41(15-6-34)74-20-22-75(23-21-74)42-16-12-38(13-17-42)51-31-69-63(94-51)40-10-8-39(9-11-40)58(86)70-45-27-43(79)30-68-62(90)56-57(85)35(2)32-77(56)65(92)55(49(83)29-52(67)84)73-61(89)54(48(82)25-37-7-18-47(81)50(26-37)93-24-4-19-66)72-60(88)46-28-44(80)33-76(46)64(91)53(36(3)78)71-59(45)87/h7-13,16-18,26,31,34-36,41,43-46,48-49,53-57,78-83,85H,4-6,14-15,19-25,27-30,32-33,66H2,1-3H3,(H2,67,84)(H,68,90)(H,70,86)(H,71,87)(H,72,88)(H,73,89)/t34?,35-,36+,41?,43+,44+,45?,46-,48+,49+,53-,54-,55-,56-,57-/m0/s1. The first-order valence-electron chi connectivity index (χ1n) is 32.2. The summed E-state index contributed by atoms with van der Waals surface area (Å²) in [4.78, 5) is 126. The van der Waals surface area contributed by atoms with E-state index in [0.717, 1.165) is 64.9 Å². The molecule has 28 nitrogen and oxygen atoms in total. The summed E-state index contributed by atoms with van der Waals surface area (Å²) in [6.07, 6.45) is -5.83. The lowest BCUT2D eigenvalue weighted by Gasteiger charge is -2.42. The summed E-state index contributed by atoms with van der Waals surface area (Å²) >= 11 is 1.46. The molecule has 510 valence electrons. The fourth-order valence-electron chi connectivity index (χ4n) is 13.0. The Labute approximate surface area is 548 Å². The lowest BCUT2D eigenvalue weighted by molar-refractivity contribution is -0.147. The van der Waals surface area contributed by atoms with Gasteiger partial charge in [0.25, 0.3) is 5.91 Å². The van der Waals surface area contributed by atoms with Crippen LogP contribution in [0.15, 0.2) is 72.9 Å². The smallest absolute Gasteiger partial charge is 0.251 e. The van der Waals surface area contributed by atoms with Crippen LogP contribution in [-0.2, 0) is 40.0 Å². The Hall–Kier alpha value is -7.87. The van der Waals surface area contributed by atoms with Crippen LogP contribution in [0, 0.1) is 11.8 Å². The summed E-state index contributed by atoms with van der Waals surface area (Å²) in [7, 11) is 0. The molecule has 16 N–H and O–H groups in total. The highest BCUT2D eigenvalue weighted by molar-refractivity contribution is 7.18. The van der Waals surface area contributed by atoms with E-state index in [-0.39, 0.29) is 42.3 Å². The van der Waals surface area contributed by atoms with Gasteiger partial charge in [-0.3, -0.25) is 43.3 Å². The van der Waals surface area contributed by atoms with Crippen molar-refractivity contribution in [2.75, 3.05) is 63.9 Å². The Morgan fingerprint density at radius 3 is 2.09 bits per heavy atom. The third-order valence-electron chi connectivity index (χ3n) is 18.5. The molecule has 3 aromatic carbocycles. The minimum atomic E-state index is -2.17. The van der Waals surface area contributed by atoms with Crippen molar-refractivity contribution in [3.8, 4) is 32.5 Å². The molecule has 1 saturated carbocycles. The van der Waals surface area contributed by atoms with Crippen molar-refractivity contribution in [1.29, 1.82) is 0 Å². The van der Waals surface area contributed by atoms with E-state index in [1.54, 1.807) is 18.3 Å². The number of benzene rings is 3. The fourth-order valence-corrected chi connectivity index (χ4v) is 13.9. The zero-order chi connectivity index (χ0) is 67.7. The molecule has 5 aliphatic rings. The zero-order valence-corrected chi connectivity index (χ0v) is 53.7. The molecule has 1 aromatic heterocycles. The molecule has 0 bridgehead atoms. The maximum atomic E-state index is 14.7. The monoisotopic (exact) mass is 1320 g/mol. The first-order valence-corrected chi connectivity index (χ1v) is 33.0. The number of nitrogens with zero attached hydrogens (tertiary/aromatic N) is 5. The van der Waals surface area contributed by atoms with Crippen molar-refractivity contribution in [3.63, 3.8) is 0 Å². The molecule has 0 spiro atoms. The first kappa shape index (κ1) is 70.4. The summed E-state index contributed by atoms with van der Waals surface area (Å²) in [6, 6.07) is 7.99. The third kappa shape index (κ3) is 17.1. The minimum absolute atomic E-state index is 0.0244. The number of hydrogen-bond acceptors (Lipinski definition) is 21. The molecule has 94 heavy (non-hydrogen) atoms. The Morgan fingerprint density at radius 2 is 1.41 bits per heavy atom. The van der Waals surface area contributed by atoms with E-state index in [1.807, 2.05) is 0 Å². The van der Waals surface area contributed by atoms with E-state index in [0.29, 0.717) is 23.0 Å². The van der Waals surface area contributed by atoms with Gasteiger partial charge in [0.15, 0.2) is 11.5 Å². The van der Waals surface area contributed by atoms with Crippen LogP contribution in [-0.4, -0.2) is 241 Å². The van der Waals surface area contributed by atoms with Crippen LogP contribution in [0.3, 0.4) is 0 Å². The number of aliphatic hydroxyl groups excluding tert-OH is 6. The molecule has 29 heteroatoms. The molecule has 13 atom stereocenters. The molecule has 0 radical (unpaired) electrons. The number of piperazine rings is 1. The Kier molecular flexibility index (Phi) is 23.7. The van der Waals surface area contributed by atoms with Crippen molar-refractivity contribution < 1.29 is 78.8 Å². The molecule has 1 aliphatic carbocycles. The summed E-state index contributed by atoms with van der Waals surface area (Å²) in [6.45, 7) is 7.75. The molecule has 4 aliphatic heterocycles. The molecular formula is C65H88N12O16S. The van der Waals surface area contributed by atoms with Gasteiger partial charge in [0.1, 0.15) is 41.3 Å². The van der Waals surface area contributed by atoms with Crippen LogP contribution in [0.5, 0.6) is 11.5 Å². The zero-order valence-electron chi connectivity index (χ0n) is 52.9. The van der Waals surface area contributed by atoms with Gasteiger partial charge < -0.3 is 93.2 Å². The van der Waals surface area contributed by atoms with Gasteiger partial charge in [-0.25, -0.2) is 4.98 Å². The van der Waals surface area contributed by atoms with Gasteiger partial charge in [0, 0.05) is 100 Å². The van der Waals surface area contributed by atoms with Gasteiger partial charge >= 0.3 is 0 Å². The summed E-state index contributed by atoms with van der Waals surface area (Å²) < 4.78 is 5.64. The quantitative estimate of drug-likeness (QED) is 0.0531. The highest BCUT2D eigenvalue weighted by atomic mass is 32.1. The maximum Gasteiger partial charge on any atom is 0.251 e.